The standard InChI is InChI=1S/C13H20O3S/c1-13(2,12(16)8-10(15)9-14)17-11-6-4-3-5-7-11/h3-7,10,12,14-16H,8-9H2,1-2H3/t10-,12+/m1/s1. The first-order chi connectivity index (χ1) is 7.95. The molecule has 0 saturated heterocycles. The lowest BCUT2D eigenvalue weighted by Gasteiger charge is -2.31. The van der Waals surface area contributed by atoms with Crippen LogP contribution in [0.15, 0.2) is 35.2 Å². The second-order valence-corrected chi connectivity index (χ2v) is 6.33. The molecule has 0 spiro atoms. The van der Waals surface area contributed by atoms with Gasteiger partial charge in [-0.3, -0.25) is 0 Å². The van der Waals surface area contributed by atoms with Gasteiger partial charge in [0.2, 0.25) is 0 Å². The van der Waals surface area contributed by atoms with Crippen LogP contribution in [0.3, 0.4) is 0 Å². The summed E-state index contributed by atoms with van der Waals surface area (Å²) in [6, 6.07) is 9.83. The molecule has 0 heterocycles. The summed E-state index contributed by atoms with van der Waals surface area (Å²) in [4.78, 5) is 1.08. The van der Waals surface area contributed by atoms with E-state index in [-0.39, 0.29) is 13.0 Å². The Morgan fingerprint density at radius 3 is 2.29 bits per heavy atom. The summed E-state index contributed by atoms with van der Waals surface area (Å²) in [6.07, 6.45) is -1.35. The maximum atomic E-state index is 10.0. The zero-order valence-electron chi connectivity index (χ0n) is 10.2. The van der Waals surface area contributed by atoms with E-state index in [1.54, 1.807) is 11.8 Å². The Kier molecular flexibility index (Phi) is 5.46. The van der Waals surface area contributed by atoms with Gasteiger partial charge in [0.1, 0.15) is 0 Å². The van der Waals surface area contributed by atoms with Crippen molar-refractivity contribution in [2.24, 2.45) is 0 Å². The second kappa shape index (κ2) is 6.40. The average molecular weight is 256 g/mol. The Bertz CT molecular complexity index is 327. The number of aliphatic hydroxyl groups is 3. The van der Waals surface area contributed by atoms with Crippen LogP contribution in [0, 0.1) is 0 Å². The summed E-state index contributed by atoms with van der Waals surface area (Å²) in [6.45, 7) is 3.54. The summed E-state index contributed by atoms with van der Waals surface area (Å²) < 4.78 is -0.405. The number of hydrogen-bond donors (Lipinski definition) is 3. The molecule has 1 aromatic carbocycles. The predicted molar refractivity (Wildman–Crippen MR) is 70.1 cm³/mol. The van der Waals surface area contributed by atoms with Gasteiger partial charge in [0.15, 0.2) is 0 Å². The third kappa shape index (κ3) is 4.68. The Balaban J connectivity index is 2.61. The van der Waals surface area contributed by atoms with Crippen molar-refractivity contribution >= 4 is 11.8 Å². The smallest absolute Gasteiger partial charge is 0.0796 e. The third-order valence-electron chi connectivity index (χ3n) is 2.63. The van der Waals surface area contributed by atoms with E-state index in [0.29, 0.717) is 0 Å². The normalized spacial score (nSPS) is 15.6. The predicted octanol–water partition coefficient (Wildman–Crippen LogP) is 1.66. The van der Waals surface area contributed by atoms with Gasteiger partial charge < -0.3 is 15.3 Å². The lowest BCUT2D eigenvalue weighted by molar-refractivity contribution is 0.0312. The van der Waals surface area contributed by atoms with Crippen molar-refractivity contribution in [2.75, 3.05) is 6.61 Å². The van der Waals surface area contributed by atoms with Gasteiger partial charge in [-0.05, 0) is 26.0 Å². The molecule has 4 heteroatoms. The number of aliphatic hydroxyl groups excluding tert-OH is 3. The van der Waals surface area contributed by atoms with E-state index in [0.717, 1.165) is 4.90 Å². The number of thioether (sulfide) groups is 1. The van der Waals surface area contributed by atoms with Gasteiger partial charge in [-0.1, -0.05) is 18.2 Å². The SMILES string of the molecule is CC(C)(Sc1ccccc1)[C@@H](O)C[C@@H](O)CO. The van der Waals surface area contributed by atoms with Crippen molar-refractivity contribution < 1.29 is 15.3 Å². The molecule has 1 rings (SSSR count). The molecule has 0 amide bonds. The summed E-state index contributed by atoms with van der Waals surface area (Å²) in [5, 5.41) is 28.2. The van der Waals surface area contributed by atoms with Crippen molar-refractivity contribution in [1.82, 2.24) is 0 Å². The molecule has 17 heavy (non-hydrogen) atoms. The first-order valence-electron chi connectivity index (χ1n) is 5.66. The zero-order valence-corrected chi connectivity index (χ0v) is 11.0. The van der Waals surface area contributed by atoms with Gasteiger partial charge in [0.25, 0.3) is 0 Å². The van der Waals surface area contributed by atoms with Crippen LogP contribution in [0.5, 0.6) is 0 Å². The molecule has 0 radical (unpaired) electrons. The van der Waals surface area contributed by atoms with Crippen LogP contribution in [-0.4, -0.2) is 38.9 Å². The molecule has 0 unspecified atom stereocenters. The monoisotopic (exact) mass is 256 g/mol. The van der Waals surface area contributed by atoms with E-state index < -0.39 is 17.0 Å². The van der Waals surface area contributed by atoms with E-state index in [9.17, 15) is 10.2 Å². The summed E-state index contributed by atoms with van der Waals surface area (Å²) in [5.41, 5.74) is 0. The molecule has 0 aromatic heterocycles. The summed E-state index contributed by atoms with van der Waals surface area (Å²) in [5.74, 6) is 0. The molecule has 1 aromatic rings. The van der Waals surface area contributed by atoms with Crippen LogP contribution in [0.4, 0.5) is 0 Å². The fraction of sp³-hybridized carbons (Fsp3) is 0.538. The Morgan fingerprint density at radius 1 is 1.18 bits per heavy atom. The second-order valence-electron chi connectivity index (χ2n) is 4.61. The largest absolute Gasteiger partial charge is 0.394 e. The first kappa shape index (κ1) is 14.5. The fourth-order valence-electron chi connectivity index (χ4n) is 1.48. The van der Waals surface area contributed by atoms with Crippen LogP contribution in [-0.2, 0) is 0 Å². The topological polar surface area (TPSA) is 60.7 Å². The molecule has 0 aliphatic heterocycles. The fourth-order valence-corrected chi connectivity index (χ4v) is 2.61. The Morgan fingerprint density at radius 2 is 1.76 bits per heavy atom. The molecule has 0 bridgehead atoms. The van der Waals surface area contributed by atoms with Crippen LogP contribution in [0.25, 0.3) is 0 Å². The van der Waals surface area contributed by atoms with Crippen LogP contribution in [0.2, 0.25) is 0 Å². The van der Waals surface area contributed by atoms with Crippen molar-refractivity contribution in [2.45, 2.75) is 42.1 Å². The van der Waals surface area contributed by atoms with Crippen molar-refractivity contribution in [3.63, 3.8) is 0 Å². The highest BCUT2D eigenvalue weighted by molar-refractivity contribution is 8.00. The molecular weight excluding hydrogens is 236 g/mol. The highest BCUT2D eigenvalue weighted by atomic mass is 32.2. The van der Waals surface area contributed by atoms with Crippen molar-refractivity contribution in [3.8, 4) is 0 Å². The van der Waals surface area contributed by atoms with E-state index in [4.69, 9.17) is 5.11 Å². The van der Waals surface area contributed by atoms with Crippen molar-refractivity contribution in [1.29, 1.82) is 0 Å². The van der Waals surface area contributed by atoms with E-state index >= 15 is 0 Å². The van der Waals surface area contributed by atoms with E-state index in [1.165, 1.54) is 0 Å². The van der Waals surface area contributed by atoms with Gasteiger partial charge in [-0.15, -0.1) is 11.8 Å². The van der Waals surface area contributed by atoms with Gasteiger partial charge >= 0.3 is 0 Å². The average Bonchev–Trinajstić information content (AvgIpc) is 2.29. The lowest BCUT2D eigenvalue weighted by atomic mass is 10.0. The Hall–Kier alpha value is -0.550. The molecule has 3 nitrogen and oxygen atoms in total. The molecule has 2 atom stereocenters. The number of rotatable bonds is 6. The highest BCUT2D eigenvalue weighted by Gasteiger charge is 2.30. The highest BCUT2D eigenvalue weighted by Crippen LogP contribution is 2.36. The molecular formula is C13H20O3S. The lowest BCUT2D eigenvalue weighted by Crippen LogP contribution is -2.36. The first-order valence-corrected chi connectivity index (χ1v) is 6.48. The molecule has 96 valence electrons. The number of benzene rings is 1. The minimum absolute atomic E-state index is 0.184. The van der Waals surface area contributed by atoms with Gasteiger partial charge in [0.05, 0.1) is 18.8 Å². The molecule has 0 fully saturated rings. The molecule has 0 aliphatic carbocycles. The van der Waals surface area contributed by atoms with Gasteiger partial charge in [0, 0.05) is 16.1 Å². The maximum absolute atomic E-state index is 10.0. The third-order valence-corrected chi connectivity index (χ3v) is 3.94. The summed E-state index contributed by atoms with van der Waals surface area (Å²) >= 11 is 1.56. The van der Waals surface area contributed by atoms with Crippen LogP contribution < -0.4 is 0 Å². The van der Waals surface area contributed by atoms with E-state index in [2.05, 4.69) is 0 Å². The molecule has 0 saturated carbocycles. The van der Waals surface area contributed by atoms with Gasteiger partial charge in [-0.2, -0.15) is 0 Å². The van der Waals surface area contributed by atoms with Crippen molar-refractivity contribution in [3.05, 3.63) is 30.3 Å². The Labute approximate surface area is 106 Å². The molecule has 0 aliphatic rings. The number of hydrogen-bond acceptors (Lipinski definition) is 4. The quantitative estimate of drug-likeness (QED) is 0.678. The van der Waals surface area contributed by atoms with Crippen LogP contribution in [0.1, 0.15) is 20.3 Å². The minimum atomic E-state index is -0.861. The minimum Gasteiger partial charge on any atom is -0.394 e. The van der Waals surface area contributed by atoms with E-state index in [1.807, 2.05) is 44.2 Å². The molecule has 3 N–H and O–H groups in total. The zero-order chi connectivity index (χ0) is 12.9. The van der Waals surface area contributed by atoms with Crippen LogP contribution >= 0.6 is 11.8 Å². The van der Waals surface area contributed by atoms with Gasteiger partial charge in [-0.25, -0.2) is 0 Å². The maximum Gasteiger partial charge on any atom is 0.0796 e. The summed E-state index contributed by atoms with van der Waals surface area (Å²) in [7, 11) is 0.